The van der Waals surface area contributed by atoms with Gasteiger partial charge in [-0.25, -0.2) is 4.79 Å². The lowest BCUT2D eigenvalue weighted by atomic mass is 9.83. The van der Waals surface area contributed by atoms with Crippen molar-refractivity contribution in [2.75, 3.05) is 13.1 Å². The highest BCUT2D eigenvalue weighted by atomic mass is 16.4. The molecule has 17 heavy (non-hydrogen) atoms. The van der Waals surface area contributed by atoms with Gasteiger partial charge in [-0.05, 0) is 40.0 Å². The van der Waals surface area contributed by atoms with E-state index < -0.39 is 16.9 Å². The molecule has 5 heteroatoms. The number of rotatable bonds is 3. The number of hydrogen-bond acceptors (Lipinski definition) is 3. The Morgan fingerprint density at radius 3 is 2.47 bits per heavy atom. The first-order valence-corrected chi connectivity index (χ1v) is 6.01. The lowest BCUT2D eigenvalue weighted by molar-refractivity contribution is -0.165. The summed E-state index contributed by atoms with van der Waals surface area (Å²) in [5, 5.41) is 9.33. The van der Waals surface area contributed by atoms with E-state index in [9.17, 15) is 14.7 Å². The van der Waals surface area contributed by atoms with E-state index in [4.69, 9.17) is 5.73 Å². The van der Waals surface area contributed by atoms with Crippen molar-refractivity contribution in [3.63, 3.8) is 0 Å². The first-order valence-electron chi connectivity index (χ1n) is 6.01. The van der Waals surface area contributed by atoms with Crippen LogP contribution in [0.2, 0.25) is 0 Å². The number of nitrogens with zero attached hydrogens (tertiary/aromatic N) is 1. The highest BCUT2D eigenvalue weighted by Crippen LogP contribution is 2.32. The molecule has 1 fully saturated rings. The van der Waals surface area contributed by atoms with Crippen LogP contribution in [0.4, 0.5) is 0 Å². The van der Waals surface area contributed by atoms with E-state index in [0.717, 1.165) is 12.8 Å². The summed E-state index contributed by atoms with van der Waals surface area (Å²) in [7, 11) is 0. The average molecular weight is 242 g/mol. The van der Waals surface area contributed by atoms with Crippen molar-refractivity contribution < 1.29 is 14.7 Å². The fourth-order valence-corrected chi connectivity index (χ4v) is 2.12. The topological polar surface area (TPSA) is 83.6 Å². The smallest absolute Gasteiger partial charge is 0.329 e. The molecule has 1 aliphatic heterocycles. The maximum absolute atomic E-state index is 12.4. The van der Waals surface area contributed by atoms with Crippen LogP contribution in [0.15, 0.2) is 0 Å². The summed E-state index contributed by atoms with van der Waals surface area (Å²) in [6.07, 6.45) is 2.21. The molecule has 1 atom stereocenters. The van der Waals surface area contributed by atoms with Gasteiger partial charge in [0.2, 0.25) is 5.91 Å². The summed E-state index contributed by atoms with van der Waals surface area (Å²) in [6, 6.07) is 0. The van der Waals surface area contributed by atoms with Gasteiger partial charge in [0.1, 0.15) is 5.54 Å². The Morgan fingerprint density at radius 2 is 2.00 bits per heavy atom. The molecule has 0 saturated carbocycles. The Hall–Kier alpha value is -1.10. The standard InChI is InChI=1S/C12H22N2O3/c1-11(2,8-13)9(15)14-7-5-4-6-12(14,3)10(16)17/h4-8,13H2,1-3H3,(H,16,17). The molecule has 0 radical (unpaired) electrons. The number of aliphatic carboxylic acids is 1. The number of carboxylic acid groups (broad SMARTS) is 1. The van der Waals surface area contributed by atoms with Crippen molar-refractivity contribution in [3.05, 3.63) is 0 Å². The lowest BCUT2D eigenvalue weighted by Crippen LogP contribution is -2.61. The first-order chi connectivity index (χ1) is 7.75. The molecule has 0 bridgehead atoms. The summed E-state index contributed by atoms with van der Waals surface area (Å²) in [4.78, 5) is 25.2. The zero-order valence-electron chi connectivity index (χ0n) is 10.8. The van der Waals surface area contributed by atoms with Gasteiger partial charge in [-0.15, -0.1) is 0 Å². The van der Waals surface area contributed by atoms with E-state index in [1.165, 1.54) is 4.90 Å². The second kappa shape index (κ2) is 4.64. The SMILES string of the molecule is CC(C)(CN)C(=O)N1CCCCC1(C)C(=O)O. The molecule has 1 rings (SSSR count). The van der Waals surface area contributed by atoms with Crippen molar-refractivity contribution in [2.45, 2.75) is 45.6 Å². The van der Waals surface area contributed by atoms with Gasteiger partial charge in [0.25, 0.3) is 0 Å². The molecule has 98 valence electrons. The summed E-state index contributed by atoms with van der Waals surface area (Å²) < 4.78 is 0. The summed E-state index contributed by atoms with van der Waals surface area (Å²) in [5.74, 6) is -1.09. The molecule has 1 amide bonds. The van der Waals surface area contributed by atoms with Crippen molar-refractivity contribution in [3.8, 4) is 0 Å². The van der Waals surface area contributed by atoms with Crippen LogP contribution in [0.25, 0.3) is 0 Å². The van der Waals surface area contributed by atoms with E-state index in [-0.39, 0.29) is 12.5 Å². The number of likely N-dealkylation sites (tertiary alicyclic amines) is 1. The third kappa shape index (κ3) is 2.44. The van der Waals surface area contributed by atoms with Gasteiger partial charge < -0.3 is 15.7 Å². The Morgan fingerprint density at radius 1 is 1.41 bits per heavy atom. The quantitative estimate of drug-likeness (QED) is 0.767. The predicted octanol–water partition coefficient (Wildman–Crippen LogP) is 0.827. The van der Waals surface area contributed by atoms with Gasteiger partial charge in [-0.1, -0.05) is 0 Å². The largest absolute Gasteiger partial charge is 0.480 e. The summed E-state index contributed by atoms with van der Waals surface area (Å²) >= 11 is 0. The first kappa shape index (κ1) is 14.0. The van der Waals surface area contributed by atoms with Crippen LogP contribution < -0.4 is 5.73 Å². The van der Waals surface area contributed by atoms with Crippen molar-refractivity contribution in [1.29, 1.82) is 0 Å². The Balaban J connectivity index is 3.01. The third-order valence-electron chi connectivity index (χ3n) is 3.69. The lowest BCUT2D eigenvalue weighted by Gasteiger charge is -2.44. The number of hydrogen-bond donors (Lipinski definition) is 2. The van der Waals surface area contributed by atoms with Gasteiger partial charge >= 0.3 is 5.97 Å². The van der Waals surface area contributed by atoms with E-state index in [0.29, 0.717) is 13.0 Å². The second-order valence-electron chi connectivity index (χ2n) is 5.58. The maximum atomic E-state index is 12.4. The van der Waals surface area contributed by atoms with Gasteiger partial charge in [0, 0.05) is 13.1 Å². The minimum atomic E-state index is -1.08. The normalized spacial score (nSPS) is 25.8. The average Bonchev–Trinajstić information content (AvgIpc) is 2.28. The molecule has 1 aliphatic rings. The fraction of sp³-hybridized carbons (Fsp3) is 0.833. The van der Waals surface area contributed by atoms with Gasteiger partial charge in [-0.3, -0.25) is 4.79 Å². The zero-order valence-corrected chi connectivity index (χ0v) is 10.8. The number of carbonyl (C=O) groups is 2. The molecule has 0 spiro atoms. The van der Waals surface area contributed by atoms with Crippen LogP contribution in [0.1, 0.15) is 40.0 Å². The third-order valence-corrected chi connectivity index (χ3v) is 3.69. The van der Waals surface area contributed by atoms with Crippen molar-refractivity contribution in [2.24, 2.45) is 11.1 Å². The molecule has 1 unspecified atom stereocenters. The van der Waals surface area contributed by atoms with E-state index in [2.05, 4.69) is 0 Å². The number of nitrogens with two attached hydrogens (primary N) is 1. The summed E-state index contributed by atoms with van der Waals surface area (Å²) in [5.41, 5.74) is 3.80. The van der Waals surface area contributed by atoms with Gasteiger partial charge in [0.05, 0.1) is 5.41 Å². The molecule has 5 nitrogen and oxygen atoms in total. The fourth-order valence-electron chi connectivity index (χ4n) is 2.12. The van der Waals surface area contributed by atoms with Gasteiger partial charge in [0.15, 0.2) is 0 Å². The van der Waals surface area contributed by atoms with Crippen LogP contribution in [-0.2, 0) is 9.59 Å². The number of piperidine rings is 1. The van der Waals surface area contributed by atoms with Crippen LogP contribution in [0.3, 0.4) is 0 Å². The number of amides is 1. The monoisotopic (exact) mass is 242 g/mol. The second-order valence-corrected chi connectivity index (χ2v) is 5.58. The summed E-state index contributed by atoms with van der Waals surface area (Å²) in [6.45, 7) is 5.86. The Labute approximate surface area is 102 Å². The molecule has 0 aromatic rings. The predicted molar refractivity (Wildman–Crippen MR) is 64.4 cm³/mol. The van der Waals surface area contributed by atoms with Crippen molar-refractivity contribution in [1.82, 2.24) is 4.90 Å². The Bertz CT molecular complexity index is 328. The minimum Gasteiger partial charge on any atom is -0.480 e. The minimum absolute atomic E-state index is 0.162. The van der Waals surface area contributed by atoms with E-state index in [1.807, 2.05) is 0 Å². The zero-order chi connectivity index (χ0) is 13.3. The van der Waals surface area contributed by atoms with E-state index >= 15 is 0 Å². The molecule has 1 heterocycles. The van der Waals surface area contributed by atoms with Crippen molar-refractivity contribution >= 4 is 11.9 Å². The highest BCUT2D eigenvalue weighted by molar-refractivity contribution is 5.89. The van der Waals surface area contributed by atoms with Gasteiger partial charge in [-0.2, -0.15) is 0 Å². The Kier molecular flexibility index (Phi) is 3.81. The molecular formula is C12H22N2O3. The molecule has 0 aromatic carbocycles. The van der Waals surface area contributed by atoms with Crippen LogP contribution in [-0.4, -0.2) is 40.5 Å². The number of carboxylic acids is 1. The molecular weight excluding hydrogens is 220 g/mol. The molecule has 0 aliphatic carbocycles. The van der Waals surface area contributed by atoms with E-state index in [1.54, 1.807) is 20.8 Å². The van der Waals surface area contributed by atoms with Crippen LogP contribution in [0, 0.1) is 5.41 Å². The molecule has 0 aromatic heterocycles. The van der Waals surface area contributed by atoms with Crippen LogP contribution >= 0.6 is 0 Å². The molecule has 3 N–H and O–H groups in total. The maximum Gasteiger partial charge on any atom is 0.329 e. The number of carbonyl (C=O) groups excluding carboxylic acids is 1. The molecule has 1 saturated heterocycles. The highest BCUT2D eigenvalue weighted by Gasteiger charge is 2.47. The van der Waals surface area contributed by atoms with Crippen LogP contribution in [0.5, 0.6) is 0 Å².